The van der Waals surface area contributed by atoms with E-state index in [1.807, 2.05) is 0 Å². The first kappa shape index (κ1) is 12.5. The van der Waals surface area contributed by atoms with Crippen LogP contribution in [0, 0.1) is 0 Å². The van der Waals surface area contributed by atoms with Crippen LogP contribution >= 0.6 is 0 Å². The van der Waals surface area contributed by atoms with E-state index in [0.29, 0.717) is 11.1 Å². The number of carbonyl (C=O) groups is 2. The van der Waals surface area contributed by atoms with Crippen LogP contribution in [0.4, 0.5) is 0 Å². The van der Waals surface area contributed by atoms with Crippen molar-refractivity contribution in [3.8, 4) is 0 Å². The fourth-order valence-corrected chi connectivity index (χ4v) is 1.60. The van der Waals surface area contributed by atoms with Crippen molar-refractivity contribution in [3.63, 3.8) is 0 Å². The van der Waals surface area contributed by atoms with E-state index in [1.165, 1.54) is 24.3 Å². The highest BCUT2D eigenvalue weighted by Gasteiger charge is 2.23. The topological polar surface area (TPSA) is 93.1 Å². The largest absolute Gasteiger partial charge is 0.458 e. The Labute approximate surface area is 103 Å². The molecule has 0 amide bonds. The van der Waals surface area contributed by atoms with Crippen LogP contribution in [0.1, 0.15) is 27.1 Å². The van der Waals surface area contributed by atoms with E-state index < -0.39 is 24.3 Å². The van der Waals surface area contributed by atoms with E-state index >= 15 is 0 Å². The van der Waals surface area contributed by atoms with Gasteiger partial charge in [0.15, 0.2) is 6.29 Å². The fraction of sp³-hybridized carbons (Fsp3) is 0.333. The highest BCUT2D eigenvalue weighted by atomic mass is 16.6. The van der Waals surface area contributed by atoms with Gasteiger partial charge in [0.1, 0.15) is 12.7 Å². The normalized spacial score (nSPS) is 19.6. The number of hydrogen-bond acceptors (Lipinski definition) is 6. The van der Waals surface area contributed by atoms with Crippen LogP contribution < -0.4 is 0 Å². The van der Waals surface area contributed by atoms with Gasteiger partial charge in [0.2, 0.25) is 0 Å². The summed E-state index contributed by atoms with van der Waals surface area (Å²) in [6, 6.07) is 5.85. The van der Waals surface area contributed by atoms with E-state index in [0.717, 1.165) is 0 Å². The molecule has 18 heavy (non-hydrogen) atoms. The van der Waals surface area contributed by atoms with Gasteiger partial charge in [-0.1, -0.05) is 0 Å². The summed E-state index contributed by atoms with van der Waals surface area (Å²) in [5.74, 6) is -1.14. The Morgan fingerprint density at radius 2 is 1.67 bits per heavy atom. The molecule has 6 nitrogen and oxygen atoms in total. The molecule has 1 aromatic rings. The minimum atomic E-state index is -1.63. The lowest BCUT2D eigenvalue weighted by Crippen LogP contribution is -2.30. The van der Waals surface area contributed by atoms with Crippen molar-refractivity contribution in [1.29, 1.82) is 0 Å². The molecule has 2 N–H and O–H groups in total. The first-order chi connectivity index (χ1) is 8.56. The van der Waals surface area contributed by atoms with Crippen LogP contribution in [-0.4, -0.2) is 41.2 Å². The molecule has 1 aromatic carbocycles. The van der Waals surface area contributed by atoms with Crippen molar-refractivity contribution in [3.05, 3.63) is 35.4 Å². The lowest BCUT2D eigenvalue weighted by Gasteiger charge is -2.20. The minimum Gasteiger partial charge on any atom is -0.458 e. The Kier molecular flexibility index (Phi) is 3.59. The van der Waals surface area contributed by atoms with Gasteiger partial charge < -0.3 is 19.7 Å². The molecule has 2 aliphatic heterocycles. The SMILES string of the molecule is O=C1OCC(CC(O)O)OC(=O)c2ccc1cc2. The van der Waals surface area contributed by atoms with E-state index in [9.17, 15) is 9.59 Å². The maximum Gasteiger partial charge on any atom is 0.338 e. The molecule has 6 heteroatoms. The molecule has 1 atom stereocenters. The zero-order valence-corrected chi connectivity index (χ0v) is 9.41. The van der Waals surface area contributed by atoms with E-state index in [1.54, 1.807) is 0 Å². The summed E-state index contributed by atoms with van der Waals surface area (Å²) in [5, 5.41) is 17.7. The Balaban J connectivity index is 2.23. The quantitative estimate of drug-likeness (QED) is 0.572. The van der Waals surface area contributed by atoms with Crippen molar-refractivity contribution in [2.24, 2.45) is 0 Å². The number of hydrogen-bond donors (Lipinski definition) is 2. The lowest BCUT2D eigenvalue weighted by molar-refractivity contribution is -0.0836. The summed E-state index contributed by atoms with van der Waals surface area (Å²) in [5.41, 5.74) is 0.627. The Bertz CT molecular complexity index is 450. The highest BCUT2D eigenvalue weighted by molar-refractivity contribution is 5.93. The van der Waals surface area contributed by atoms with Gasteiger partial charge in [-0.3, -0.25) is 0 Å². The number of aliphatic hydroxyl groups excluding tert-OH is 1. The van der Waals surface area contributed by atoms with Crippen LogP contribution in [0.2, 0.25) is 0 Å². The molecule has 2 bridgehead atoms. The van der Waals surface area contributed by atoms with Gasteiger partial charge in [-0.25, -0.2) is 9.59 Å². The zero-order chi connectivity index (χ0) is 13.1. The molecule has 0 spiro atoms. The molecule has 0 aliphatic carbocycles. The molecule has 96 valence electrons. The van der Waals surface area contributed by atoms with E-state index in [-0.39, 0.29) is 13.0 Å². The standard InChI is InChI=1S/C12H12O6/c13-10(14)5-9-6-17-11(15)7-1-3-8(4-2-7)12(16)18-9/h1-4,9-10,13-14H,5-6H2. The Morgan fingerprint density at radius 3 is 2.22 bits per heavy atom. The maximum atomic E-state index is 11.7. The summed E-state index contributed by atoms with van der Waals surface area (Å²) >= 11 is 0. The average Bonchev–Trinajstić information content (AvgIpc) is 2.34. The van der Waals surface area contributed by atoms with Crippen molar-refractivity contribution in [1.82, 2.24) is 0 Å². The highest BCUT2D eigenvalue weighted by Crippen LogP contribution is 2.14. The van der Waals surface area contributed by atoms with Gasteiger partial charge in [-0.2, -0.15) is 0 Å². The van der Waals surface area contributed by atoms with Gasteiger partial charge in [0.05, 0.1) is 11.1 Å². The number of ether oxygens (including phenoxy) is 2. The van der Waals surface area contributed by atoms with Crippen molar-refractivity contribution in [2.75, 3.05) is 6.61 Å². The monoisotopic (exact) mass is 252 g/mol. The second kappa shape index (κ2) is 5.16. The number of fused-ring (bicyclic) bond motifs is 7. The number of benzene rings is 1. The molecule has 0 radical (unpaired) electrons. The van der Waals surface area contributed by atoms with Gasteiger partial charge in [-0.05, 0) is 24.3 Å². The van der Waals surface area contributed by atoms with Gasteiger partial charge in [-0.15, -0.1) is 0 Å². The molecule has 1 unspecified atom stereocenters. The third-order valence-corrected chi connectivity index (χ3v) is 2.50. The van der Waals surface area contributed by atoms with Gasteiger partial charge in [0.25, 0.3) is 0 Å². The van der Waals surface area contributed by atoms with Crippen LogP contribution in [-0.2, 0) is 9.47 Å². The molecule has 0 aromatic heterocycles. The van der Waals surface area contributed by atoms with Crippen LogP contribution in [0.3, 0.4) is 0 Å². The molecular weight excluding hydrogens is 240 g/mol. The minimum absolute atomic E-state index is 0.208. The summed E-state index contributed by atoms with van der Waals surface area (Å²) in [4.78, 5) is 23.3. The first-order valence-corrected chi connectivity index (χ1v) is 5.40. The molecular formula is C12H12O6. The number of esters is 2. The van der Waals surface area contributed by atoms with Crippen LogP contribution in [0.15, 0.2) is 24.3 Å². The molecule has 0 saturated heterocycles. The van der Waals surface area contributed by atoms with Gasteiger partial charge in [0, 0.05) is 6.42 Å². The van der Waals surface area contributed by atoms with Crippen molar-refractivity contribution >= 4 is 11.9 Å². The second-order valence-electron chi connectivity index (χ2n) is 3.92. The molecule has 0 saturated carbocycles. The third kappa shape index (κ3) is 2.85. The summed E-state index contributed by atoms with van der Waals surface area (Å²) < 4.78 is 9.95. The summed E-state index contributed by atoms with van der Waals surface area (Å²) in [6.45, 7) is -0.208. The Hall–Kier alpha value is -1.92. The predicted octanol–water partition coefficient (Wildman–Crippen LogP) is 0.0832. The van der Waals surface area contributed by atoms with Crippen molar-refractivity contribution in [2.45, 2.75) is 18.8 Å². The lowest BCUT2D eigenvalue weighted by atomic mass is 10.1. The average molecular weight is 252 g/mol. The van der Waals surface area contributed by atoms with Gasteiger partial charge >= 0.3 is 11.9 Å². The summed E-state index contributed by atoms with van der Waals surface area (Å²) in [6.07, 6.45) is -2.73. The molecule has 0 fully saturated rings. The Morgan fingerprint density at radius 1 is 1.11 bits per heavy atom. The second-order valence-corrected chi connectivity index (χ2v) is 3.92. The fourth-order valence-electron chi connectivity index (χ4n) is 1.60. The maximum absolute atomic E-state index is 11.7. The van der Waals surface area contributed by atoms with Crippen LogP contribution in [0.25, 0.3) is 0 Å². The predicted molar refractivity (Wildman–Crippen MR) is 58.8 cm³/mol. The number of carbonyl (C=O) groups excluding carboxylic acids is 2. The molecule has 3 rings (SSSR count). The van der Waals surface area contributed by atoms with Crippen LogP contribution in [0.5, 0.6) is 0 Å². The zero-order valence-electron chi connectivity index (χ0n) is 9.41. The smallest absolute Gasteiger partial charge is 0.338 e. The number of aliphatic hydroxyl groups is 2. The van der Waals surface area contributed by atoms with E-state index in [4.69, 9.17) is 19.7 Å². The number of rotatable bonds is 2. The first-order valence-electron chi connectivity index (χ1n) is 5.40. The third-order valence-electron chi connectivity index (χ3n) is 2.50. The summed E-state index contributed by atoms with van der Waals surface area (Å²) in [7, 11) is 0. The van der Waals surface area contributed by atoms with E-state index in [2.05, 4.69) is 0 Å². The molecule has 2 aliphatic rings. The molecule has 2 heterocycles. The van der Waals surface area contributed by atoms with Crippen molar-refractivity contribution < 1.29 is 29.3 Å².